The number of nitriles is 1. The molecule has 1 saturated carbocycles. The molecule has 0 saturated heterocycles. The van der Waals surface area contributed by atoms with Crippen LogP contribution in [0.5, 0.6) is 5.75 Å². The number of ether oxygens (including phenoxy) is 1. The van der Waals surface area contributed by atoms with Gasteiger partial charge in [0.25, 0.3) is 0 Å². The summed E-state index contributed by atoms with van der Waals surface area (Å²) in [6.07, 6.45) is 5.27. The summed E-state index contributed by atoms with van der Waals surface area (Å²) in [6, 6.07) is 7.74. The Kier molecular flexibility index (Phi) is 2.91. The summed E-state index contributed by atoms with van der Waals surface area (Å²) in [6.45, 7) is 1.99. The first kappa shape index (κ1) is 10.0. The van der Waals surface area contributed by atoms with Gasteiger partial charge in [-0.05, 0) is 56.4 Å². The Bertz CT molecular complexity index is 386. The second-order valence-corrected chi connectivity index (χ2v) is 4.12. The normalized spacial score (nSPS) is 16.3. The van der Waals surface area contributed by atoms with Crippen LogP contribution in [0.2, 0.25) is 0 Å². The lowest BCUT2D eigenvalue weighted by Gasteiger charge is -2.14. The summed E-state index contributed by atoms with van der Waals surface area (Å²) in [5.41, 5.74) is 1.76. The van der Waals surface area contributed by atoms with Gasteiger partial charge < -0.3 is 4.74 Å². The maximum absolute atomic E-state index is 8.75. The molecule has 0 heterocycles. The van der Waals surface area contributed by atoms with Crippen molar-refractivity contribution in [3.63, 3.8) is 0 Å². The molecule has 1 fully saturated rings. The highest BCUT2D eigenvalue weighted by atomic mass is 16.5. The lowest BCUT2D eigenvalue weighted by molar-refractivity contribution is 0.208. The monoisotopic (exact) mass is 201 g/mol. The average Bonchev–Trinajstić information content (AvgIpc) is 2.74. The van der Waals surface area contributed by atoms with E-state index in [9.17, 15) is 0 Å². The Morgan fingerprint density at radius 1 is 1.33 bits per heavy atom. The second-order valence-electron chi connectivity index (χ2n) is 4.12. The predicted octanol–water partition coefficient (Wildman–Crippen LogP) is 3.19. The number of hydrogen-bond acceptors (Lipinski definition) is 2. The van der Waals surface area contributed by atoms with Gasteiger partial charge in [0, 0.05) is 0 Å². The van der Waals surface area contributed by atoms with E-state index in [0.717, 1.165) is 11.3 Å². The van der Waals surface area contributed by atoms with Crippen LogP contribution in [0.25, 0.3) is 0 Å². The van der Waals surface area contributed by atoms with Crippen molar-refractivity contribution in [2.45, 2.75) is 38.7 Å². The molecule has 2 heteroatoms. The van der Waals surface area contributed by atoms with Gasteiger partial charge in [0.05, 0.1) is 17.7 Å². The fourth-order valence-corrected chi connectivity index (χ4v) is 2.04. The first-order valence-electron chi connectivity index (χ1n) is 5.47. The Balaban J connectivity index is 2.11. The third kappa shape index (κ3) is 2.30. The van der Waals surface area contributed by atoms with Gasteiger partial charge in [-0.15, -0.1) is 0 Å². The highest BCUT2D eigenvalue weighted by molar-refractivity contribution is 5.41. The van der Waals surface area contributed by atoms with Crippen molar-refractivity contribution in [1.29, 1.82) is 5.26 Å². The average molecular weight is 201 g/mol. The lowest BCUT2D eigenvalue weighted by atomic mass is 10.1. The van der Waals surface area contributed by atoms with Crippen LogP contribution in [0, 0.1) is 18.3 Å². The number of benzene rings is 1. The van der Waals surface area contributed by atoms with E-state index >= 15 is 0 Å². The molecule has 2 nitrogen and oxygen atoms in total. The Morgan fingerprint density at radius 3 is 2.67 bits per heavy atom. The largest absolute Gasteiger partial charge is 0.490 e. The molecule has 1 aliphatic rings. The van der Waals surface area contributed by atoms with Crippen LogP contribution in [0.15, 0.2) is 18.2 Å². The van der Waals surface area contributed by atoms with Gasteiger partial charge in [-0.1, -0.05) is 0 Å². The summed E-state index contributed by atoms with van der Waals surface area (Å²) in [5, 5.41) is 8.75. The van der Waals surface area contributed by atoms with Crippen LogP contribution in [0.4, 0.5) is 0 Å². The van der Waals surface area contributed by atoms with Crippen LogP contribution in [0.1, 0.15) is 36.8 Å². The molecule has 1 aliphatic carbocycles. The van der Waals surface area contributed by atoms with Crippen molar-refractivity contribution in [1.82, 2.24) is 0 Å². The number of hydrogen-bond donors (Lipinski definition) is 0. The van der Waals surface area contributed by atoms with Crippen LogP contribution in [-0.2, 0) is 0 Å². The molecule has 0 N–H and O–H groups in total. The molecule has 0 spiro atoms. The van der Waals surface area contributed by atoms with E-state index < -0.39 is 0 Å². The van der Waals surface area contributed by atoms with Gasteiger partial charge in [0.15, 0.2) is 0 Å². The van der Waals surface area contributed by atoms with E-state index in [2.05, 4.69) is 6.07 Å². The minimum absolute atomic E-state index is 0.386. The molecule has 1 aromatic carbocycles. The van der Waals surface area contributed by atoms with Gasteiger partial charge >= 0.3 is 0 Å². The molecule has 0 atom stereocenters. The molecule has 2 rings (SSSR count). The van der Waals surface area contributed by atoms with Gasteiger partial charge in [-0.3, -0.25) is 0 Å². The molecule has 0 aliphatic heterocycles. The van der Waals surface area contributed by atoms with Crippen molar-refractivity contribution < 1.29 is 4.74 Å². The topological polar surface area (TPSA) is 33.0 Å². The zero-order valence-corrected chi connectivity index (χ0v) is 8.99. The van der Waals surface area contributed by atoms with Gasteiger partial charge in [-0.2, -0.15) is 5.26 Å². The van der Waals surface area contributed by atoms with Crippen LogP contribution < -0.4 is 4.74 Å². The molecule has 1 aromatic rings. The number of aryl methyl sites for hydroxylation is 1. The van der Waals surface area contributed by atoms with Crippen molar-refractivity contribution in [3.05, 3.63) is 29.3 Å². The van der Waals surface area contributed by atoms with Crippen LogP contribution in [-0.4, -0.2) is 6.10 Å². The van der Waals surface area contributed by atoms with E-state index in [0.29, 0.717) is 11.7 Å². The minimum Gasteiger partial charge on any atom is -0.490 e. The van der Waals surface area contributed by atoms with Crippen molar-refractivity contribution in [2.75, 3.05) is 0 Å². The molecule has 0 amide bonds. The van der Waals surface area contributed by atoms with E-state index in [1.54, 1.807) is 0 Å². The summed E-state index contributed by atoms with van der Waals surface area (Å²) in [5.74, 6) is 0.931. The summed E-state index contributed by atoms with van der Waals surface area (Å²) in [7, 11) is 0. The highest BCUT2D eigenvalue weighted by Gasteiger charge is 2.17. The standard InChI is InChI=1S/C13H15NO/c1-10-8-11(9-14)6-7-13(10)15-12-4-2-3-5-12/h6-8,12H,2-5H2,1H3. The van der Waals surface area contributed by atoms with Crippen LogP contribution in [0.3, 0.4) is 0 Å². The SMILES string of the molecule is Cc1cc(C#N)ccc1OC1CCCC1. The quantitative estimate of drug-likeness (QED) is 0.736. The van der Waals surface area contributed by atoms with Crippen molar-refractivity contribution >= 4 is 0 Å². The fraction of sp³-hybridized carbons (Fsp3) is 0.462. The number of nitrogens with zero attached hydrogens (tertiary/aromatic N) is 1. The fourth-order valence-electron chi connectivity index (χ4n) is 2.04. The van der Waals surface area contributed by atoms with Gasteiger partial charge in [-0.25, -0.2) is 0 Å². The molecule has 0 bridgehead atoms. The molecule has 0 unspecified atom stereocenters. The summed E-state index contributed by atoms with van der Waals surface area (Å²) >= 11 is 0. The second kappa shape index (κ2) is 4.35. The maximum atomic E-state index is 8.75. The lowest BCUT2D eigenvalue weighted by Crippen LogP contribution is -2.11. The first-order chi connectivity index (χ1) is 7.29. The van der Waals surface area contributed by atoms with Crippen molar-refractivity contribution in [2.24, 2.45) is 0 Å². The van der Waals surface area contributed by atoms with Crippen LogP contribution >= 0.6 is 0 Å². The predicted molar refractivity (Wildman–Crippen MR) is 58.8 cm³/mol. The van der Waals surface area contributed by atoms with Crippen molar-refractivity contribution in [3.8, 4) is 11.8 Å². The number of rotatable bonds is 2. The summed E-state index contributed by atoms with van der Waals surface area (Å²) in [4.78, 5) is 0. The minimum atomic E-state index is 0.386. The third-order valence-corrected chi connectivity index (χ3v) is 2.90. The molecule has 15 heavy (non-hydrogen) atoms. The molecular weight excluding hydrogens is 186 g/mol. The highest BCUT2D eigenvalue weighted by Crippen LogP contribution is 2.26. The first-order valence-corrected chi connectivity index (χ1v) is 5.47. The Hall–Kier alpha value is -1.49. The maximum Gasteiger partial charge on any atom is 0.122 e. The van der Waals surface area contributed by atoms with E-state index in [1.807, 2.05) is 25.1 Å². The Labute approximate surface area is 90.5 Å². The van der Waals surface area contributed by atoms with E-state index in [1.165, 1.54) is 25.7 Å². The molecule has 0 radical (unpaired) electrons. The van der Waals surface area contributed by atoms with E-state index in [-0.39, 0.29) is 0 Å². The zero-order valence-electron chi connectivity index (χ0n) is 8.99. The molecule has 78 valence electrons. The zero-order chi connectivity index (χ0) is 10.7. The molecule has 0 aromatic heterocycles. The smallest absolute Gasteiger partial charge is 0.122 e. The summed E-state index contributed by atoms with van der Waals surface area (Å²) < 4.78 is 5.90. The van der Waals surface area contributed by atoms with Gasteiger partial charge in [0.2, 0.25) is 0 Å². The third-order valence-electron chi connectivity index (χ3n) is 2.90. The van der Waals surface area contributed by atoms with Gasteiger partial charge in [0.1, 0.15) is 5.75 Å². The molecular formula is C13H15NO. The Morgan fingerprint density at radius 2 is 2.07 bits per heavy atom. The van der Waals surface area contributed by atoms with E-state index in [4.69, 9.17) is 10.00 Å².